The van der Waals surface area contributed by atoms with Gasteiger partial charge in [-0.05, 0) is 50.1 Å². The highest BCUT2D eigenvalue weighted by molar-refractivity contribution is 14.0. The molecular weight excluding hydrogens is 533 g/mol. The Balaban J connectivity index is 0.00000341. The van der Waals surface area contributed by atoms with Crippen molar-refractivity contribution in [3.8, 4) is 0 Å². The predicted molar refractivity (Wildman–Crippen MR) is 135 cm³/mol. The van der Waals surface area contributed by atoms with Crippen LogP contribution in [0.5, 0.6) is 0 Å². The fraction of sp³-hybridized carbons (Fsp3) is 0.682. The highest BCUT2D eigenvalue weighted by Gasteiger charge is 2.33. The zero-order valence-electron chi connectivity index (χ0n) is 18.5. The second kappa shape index (κ2) is 13.2. The summed E-state index contributed by atoms with van der Waals surface area (Å²) in [6.07, 6.45) is 4.08. The fourth-order valence-corrected chi connectivity index (χ4v) is 5.52. The number of aliphatic imine (C=N–C) groups is 1. The van der Waals surface area contributed by atoms with E-state index in [1.165, 1.54) is 18.2 Å². The molecule has 1 aromatic carbocycles. The van der Waals surface area contributed by atoms with Crippen molar-refractivity contribution in [1.82, 2.24) is 15.5 Å². The fourth-order valence-electron chi connectivity index (χ4n) is 4.28. The Morgan fingerprint density at radius 2 is 2.00 bits per heavy atom. The Kier molecular flexibility index (Phi) is 11.3. The van der Waals surface area contributed by atoms with Crippen LogP contribution in [-0.4, -0.2) is 67.3 Å². The van der Waals surface area contributed by atoms with E-state index in [2.05, 4.69) is 27.4 Å². The molecule has 5 nitrogen and oxygen atoms in total. The molecule has 2 fully saturated rings. The number of hydrogen-bond acceptors (Lipinski definition) is 4. The molecule has 0 aliphatic carbocycles. The van der Waals surface area contributed by atoms with Gasteiger partial charge in [-0.1, -0.05) is 13.0 Å². The van der Waals surface area contributed by atoms with Gasteiger partial charge in [-0.2, -0.15) is 11.8 Å². The van der Waals surface area contributed by atoms with E-state index in [1.807, 2.05) is 11.8 Å². The maximum absolute atomic E-state index is 14.0. The van der Waals surface area contributed by atoms with Crippen molar-refractivity contribution in [2.75, 3.05) is 45.6 Å². The third kappa shape index (κ3) is 7.71. The molecule has 0 amide bonds. The number of piperidine rings is 1. The van der Waals surface area contributed by atoms with Crippen molar-refractivity contribution in [3.63, 3.8) is 0 Å². The average molecular weight is 569 g/mol. The van der Waals surface area contributed by atoms with Gasteiger partial charge in [-0.3, -0.25) is 9.89 Å². The largest absolute Gasteiger partial charge is 0.381 e. The van der Waals surface area contributed by atoms with Crippen LogP contribution in [0.4, 0.5) is 8.78 Å². The Labute approximate surface area is 206 Å². The Morgan fingerprint density at radius 3 is 2.65 bits per heavy atom. The molecular formula is C22H35F2IN4OS. The lowest BCUT2D eigenvalue weighted by Crippen LogP contribution is -2.53. The first kappa shape index (κ1) is 26.6. The minimum Gasteiger partial charge on any atom is -0.381 e. The van der Waals surface area contributed by atoms with E-state index in [4.69, 9.17) is 4.74 Å². The summed E-state index contributed by atoms with van der Waals surface area (Å²) in [6, 6.07) is 4.25. The number of nitrogens with zero attached hydrogens (tertiary/aromatic N) is 2. The zero-order valence-corrected chi connectivity index (χ0v) is 21.6. The van der Waals surface area contributed by atoms with Crippen LogP contribution in [0.25, 0.3) is 0 Å². The van der Waals surface area contributed by atoms with Crippen LogP contribution in [0.3, 0.4) is 0 Å². The third-order valence-electron chi connectivity index (χ3n) is 5.95. The van der Waals surface area contributed by atoms with Crippen molar-refractivity contribution in [2.24, 2.45) is 4.99 Å². The summed E-state index contributed by atoms with van der Waals surface area (Å²) in [5.74, 6) is 0.926. The van der Waals surface area contributed by atoms with Gasteiger partial charge in [0.25, 0.3) is 0 Å². The van der Waals surface area contributed by atoms with Crippen LogP contribution >= 0.6 is 35.7 Å². The molecule has 2 N–H and O–H groups in total. The van der Waals surface area contributed by atoms with Gasteiger partial charge in [0.05, 0.1) is 0 Å². The van der Waals surface area contributed by atoms with Crippen LogP contribution in [-0.2, 0) is 11.3 Å². The molecule has 3 rings (SSSR count). The molecule has 1 unspecified atom stereocenters. The van der Waals surface area contributed by atoms with Crippen molar-refractivity contribution in [3.05, 3.63) is 35.4 Å². The van der Waals surface area contributed by atoms with E-state index in [0.29, 0.717) is 6.54 Å². The minimum atomic E-state index is -0.474. The normalized spacial score (nSPS) is 21.9. The van der Waals surface area contributed by atoms with Crippen molar-refractivity contribution < 1.29 is 13.5 Å². The summed E-state index contributed by atoms with van der Waals surface area (Å²) in [5, 5.41) is 7.04. The molecule has 0 saturated carbocycles. The van der Waals surface area contributed by atoms with E-state index >= 15 is 0 Å². The molecule has 2 heterocycles. The lowest BCUT2D eigenvalue weighted by Gasteiger charge is -2.38. The lowest BCUT2D eigenvalue weighted by atomic mass is 9.99. The molecule has 1 atom stereocenters. The van der Waals surface area contributed by atoms with E-state index in [1.54, 1.807) is 7.05 Å². The summed E-state index contributed by atoms with van der Waals surface area (Å²) in [5.41, 5.74) is 0.152. The molecule has 0 radical (unpaired) electrons. The Hall–Kier alpha value is -0.650. The molecule has 2 aliphatic rings. The molecule has 1 aromatic rings. The first-order valence-corrected chi connectivity index (χ1v) is 11.9. The van der Waals surface area contributed by atoms with Gasteiger partial charge in [-0.15, -0.1) is 24.0 Å². The number of thioether (sulfide) groups is 1. The quantitative estimate of drug-likeness (QED) is 0.296. The summed E-state index contributed by atoms with van der Waals surface area (Å²) in [7, 11) is 1.79. The molecule has 9 heteroatoms. The maximum atomic E-state index is 14.0. The van der Waals surface area contributed by atoms with Gasteiger partial charge in [0.1, 0.15) is 11.6 Å². The molecule has 2 aliphatic heterocycles. The molecule has 2 saturated heterocycles. The smallest absolute Gasteiger partial charge is 0.191 e. The maximum Gasteiger partial charge on any atom is 0.191 e. The first-order valence-electron chi connectivity index (χ1n) is 10.9. The highest BCUT2D eigenvalue weighted by atomic mass is 127. The highest BCUT2D eigenvalue weighted by Crippen LogP contribution is 2.34. The monoisotopic (exact) mass is 568 g/mol. The standard InChI is InChI=1S/C22H34F2N4OS.HI/c1-3-30-22(9-12-29-13-10-22)16-26-21(25-2)27-17-6-5-11-28(14-17)15-18-19(23)7-4-8-20(18)24;/h4,7-8,17H,3,5-6,9-16H2,1-2H3,(H2,25,26,27);1H. The molecule has 0 bridgehead atoms. The van der Waals surface area contributed by atoms with Crippen LogP contribution in [0.15, 0.2) is 23.2 Å². The van der Waals surface area contributed by atoms with Crippen LogP contribution in [0, 0.1) is 11.6 Å². The lowest BCUT2D eigenvalue weighted by molar-refractivity contribution is 0.0781. The van der Waals surface area contributed by atoms with Gasteiger partial charge in [0.2, 0.25) is 0 Å². The number of rotatable bonds is 7. The molecule has 0 spiro atoms. The van der Waals surface area contributed by atoms with E-state index in [0.717, 1.165) is 70.2 Å². The van der Waals surface area contributed by atoms with Gasteiger partial charge in [0, 0.05) is 56.2 Å². The number of ether oxygens (including phenoxy) is 1. The van der Waals surface area contributed by atoms with E-state index < -0.39 is 11.6 Å². The summed E-state index contributed by atoms with van der Waals surface area (Å²) >= 11 is 2.00. The molecule has 176 valence electrons. The van der Waals surface area contributed by atoms with Gasteiger partial charge >= 0.3 is 0 Å². The van der Waals surface area contributed by atoms with Gasteiger partial charge < -0.3 is 15.4 Å². The van der Waals surface area contributed by atoms with Crippen LogP contribution < -0.4 is 10.6 Å². The number of benzene rings is 1. The first-order chi connectivity index (χ1) is 14.5. The topological polar surface area (TPSA) is 48.9 Å². The Bertz CT molecular complexity index is 693. The Morgan fingerprint density at radius 1 is 1.29 bits per heavy atom. The third-order valence-corrected chi connectivity index (χ3v) is 7.40. The summed E-state index contributed by atoms with van der Waals surface area (Å²) in [4.78, 5) is 6.52. The van der Waals surface area contributed by atoms with Gasteiger partial charge in [0.15, 0.2) is 5.96 Å². The number of halogens is 3. The number of guanidine groups is 1. The zero-order chi connectivity index (χ0) is 21.4. The predicted octanol–water partition coefficient (Wildman–Crippen LogP) is 4.01. The van der Waals surface area contributed by atoms with E-state index in [-0.39, 0.29) is 40.3 Å². The average Bonchev–Trinajstić information content (AvgIpc) is 2.75. The summed E-state index contributed by atoms with van der Waals surface area (Å²) in [6.45, 7) is 6.54. The second-order valence-corrected chi connectivity index (χ2v) is 9.81. The molecule has 31 heavy (non-hydrogen) atoms. The van der Waals surface area contributed by atoms with E-state index in [9.17, 15) is 8.78 Å². The SMILES string of the molecule is CCSC1(CNC(=NC)NC2CCCN(Cc3c(F)cccc3F)C2)CCOCC1.I. The van der Waals surface area contributed by atoms with Crippen molar-refractivity contribution >= 4 is 41.7 Å². The molecule has 0 aromatic heterocycles. The van der Waals surface area contributed by atoms with Crippen LogP contribution in [0.2, 0.25) is 0 Å². The number of likely N-dealkylation sites (tertiary alicyclic amines) is 1. The van der Waals surface area contributed by atoms with Crippen LogP contribution in [0.1, 0.15) is 38.2 Å². The number of nitrogens with one attached hydrogen (secondary N) is 2. The van der Waals surface area contributed by atoms with Crippen molar-refractivity contribution in [1.29, 1.82) is 0 Å². The summed E-state index contributed by atoms with van der Waals surface area (Å²) < 4.78 is 33.8. The van der Waals surface area contributed by atoms with Gasteiger partial charge in [-0.25, -0.2) is 8.78 Å². The second-order valence-electron chi connectivity index (χ2n) is 8.07. The van der Waals surface area contributed by atoms with Crippen molar-refractivity contribution in [2.45, 2.75) is 49.9 Å². The number of hydrogen-bond donors (Lipinski definition) is 2. The minimum absolute atomic E-state index is 0.